The van der Waals surface area contributed by atoms with E-state index in [9.17, 15) is 15.2 Å². The van der Waals surface area contributed by atoms with Crippen LogP contribution in [-0.2, 0) is 0 Å². The molecule has 0 fully saturated rings. The number of hydrazone groups is 1. The summed E-state index contributed by atoms with van der Waals surface area (Å²) in [6.07, 6.45) is 1.33. The summed E-state index contributed by atoms with van der Waals surface area (Å²) in [5, 5.41) is 27.7. The standard InChI is InChI=1S/C15H14N4O4S/c1-23-13-8-10(7-12(14(13)20)19(21)22)9-16-18-15(24)17-11-5-3-2-4-6-11/h2-9,20H,1H3,(H2,17,18,24)/b16-9-. The van der Waals surface area contributed by atoms with E-state index in [-0.39, 0.29) is 10.9 Å². The number of nitrogens with one attached hydrogen (secondary N) is 2. The summed E-state index contributed by atoms with van der Waals surface area (Å²) < 4.78 is 4.91. The first-order valence-electron chi connectivity index (χ1n) is 6.71. The van der Waals surface area contributed by atoms with Crippen molar-refractivity contribution in [3.8, 4) is 11.5 Å². The van der Waals surface area contributed by atoms with Gasteiger partial charge >= 0.3 is 5.69 Å². The lowest BCUT2D eigenvalue weighted by Gasteiger charge is -2.07. The molecule has 0 aliphatic heterocycles. The molecule has 0 aliphatic rings. The van der Waals surface area contributed by atoms with Crippen molar-refractivity contribution in [3.05, 3.63) is 58.1 Å². The molecule has 3 N–H and O–H groups in total. The van der Waals surface area contributed by atoms with Crippen LogP contribution >= 0.6 is 12.2 Å². The van der Waals surface area contributed by atoms with Gasteiger partial charge in [0.15, 0.2) is 10.9 Å². The minimum absolute atomic E-state index is 0.0179. The fourth-order valence-electron chi connectivity index (χ4n) is 1.83. The quantitative estimate of drug-likeness (QED) is 0.330. The highest BCUT2D eigenvalue weighted by atomic mass is 32.1. The highest BCUT2D eigenvalue weighted by Gasteiger charge is 2.19. The van der Waals surface area contributed by atoms with Gasteiger partial charge in [0.25, 0.3) is 0 Å². The maximum absolute atomic E-state index is 10.9. The topological polar surface area (TPSA) is 109 Å². The van der Waals surface area contributed by atoms with E-state index in [0.29, 0.717) is 5.56 Å². The zero-order chi connectivity index (χ0) is 17.5. The molecule has 2 rings (SSSR count). The molecule has 0 saturated heterocycles. The van der Waals surface area contributed by atoms with E-state index in [1.54, 1.807) is 0 Å². The van der Waals surface area contributed by atoms with E-state index in [0.717, 1.165) is 5.69 Å². The van der Waals surface area contributed by atoms with E-state index in [2.05, 4.69) is 15.8 Å². The monoisotopic (exact) mass is 346 g/mol. The Hall–Kier alpha value is -3.20. The number of rotatable bonds is 5. The minimum Gasteiger partial charge on any atom is -0.500 e. The zero-order valence-corrected chi connectivity index (χ0v) is 13.4. The van der Waals surface area contributed by atoms with E-state index in [1.165, 1.54) is 25.5 Å². The Morgan fingerprint density at radius 3 is 2.71 bits per heavy atom. The van der Waals surface area contributed by atoms with Gasteiger partial charge in [-0.25, -0.2) is 0 Å². The second kappa shape index (κ2) is 7.88. The highest BCUT2D eigenvalue weighted by Crippen LogP contribution is 2.36. The fraction of sp³-hybridized carbons (Fsp3) is 0.0667. The van der Waals surface area contributed by atoms with Gasteiger partial charge in [-0.15, -0.1) is 0 Å². The third-order valence-corrected chi connectivity index (χ3v) is 3.10. The molecule has 0 amide bonds. The number of nitrogens with zero attached hydrogens (tertiary/aromatic N) is 2. The molecule has 124 valence electrons. The van der Waals surface area contributed by atoms with Crippen molar-refractivity contribution in [1.29, 1.82) is 0 Å². The number of nitro benzene ring substituents is 1. The smallest absolute Gasteiger partial charge is 0.315 e. The summed E-state index contributed by atoms with van der Waals surface area (Å²) in [5.41, 5.74) is 3.29. The summed E-state index contributed by atoms with van der Waals surface area (Å²) in [6, 6.07) is 11.9. The summed E-state index contributed by atoms with van der Waals surface area (Å²) in [5.74, 6) is -0.551. The number of benzene rings is 2. The number of aromatic hydroxyl groups is 1. The average molecular weight is 346 g/mol. The summed E-state index contributed by atoms with van der Waals surface area (Å²) >= 11 is 5.08. The van der Waals surface area contributed by atoms with E-state index < -0.39 is 16.4 Å². The average Bonchev–Trinajstić information content (AvgIpc) is 2.56. The molecule has 0 saturated carbocycles. The number of phenols is 1. The molecule has 0 atom stereocenters. The molecule has 0 aliphatic carbocycles. The predicted molar refractivity (Wildman–Crippen MR) is 94.7 cm³/mol. The highest BCUT2D eigenvalue weighted by molar-refractivity contribution is 7.80. The maximum Gasteiger partial charge on any atom is 0.315 e. The number of nitro groups is 1. The summed E-state index contributed by atoms with van der Waals surface area (Å²) in [6.45, 7) is 0. The number of para-hydroxylation sites is 1. The molecule has 0 aromatic heterocycles. The van der Waals surface area contributed by atoms with Crippen molar-refractivity contribution < 1.29 is 14.8 Å². The van der Waals surface area contributed by atoms with Crippen LogP contribution in [0.1, 0.15) is 5.56 Å². The number of methoxy groups -OCH3 is 1. The molecule has 9 heteroatoms. The van der Waals surface area contributed by atoms with Crippen LogP contribution in [0, 0.1) is 10.1 Å². The fourth-order valence-corrected chi connectivity index (χ4v) is 2.00. The number of phenolic OH excluding ortho intramolecular Hbond substituents is 1. The second-order valence-electron chi connectivity index (χ2n) is 4.54. The van der Waals surface area contributed by atoms with Gasteiger partial charge in [0.2, 0.25) is 5.75 Å². The first kappa shape index (κ1) is 17.2. The minimum atomic E-state index is -0.704. The Kier molecular flexibility index (Phi) is 5.63. The van der Waals surface area contributed by atoms with Gasteiger partial charge in [-0.3, -0.25) is 15.5 Å². The SMILES string of the molecule is COc1cc(/C=N\NC(=S)Nc2ccccc2)cc([N+](=O)[O-])c1O. The zero-order valence-electron chi connectivity index (χ0n) is 12.6. The lowest BCUT2D eigenvalue weighted by Crippen LogP contribution is -2.23. The molecular weight excluding hydrogens is 332 g/mol. The Labute approximate surface area is 142 Å². The van der Waals surface area contributed by atoms with Gasteiger partial charge in [-0.2, -0.15) is 5.10 Å². The van der Waals surface area contributed by atoms with Crippen molar-refractivity contribution >= 4 is 34.9 Å². The van der Waals surface area contributed by atoms with Gasteiger partial charge in [-0.1, -0.05) is 18.2 Å². The first-order valence-corrected chi connectivity index (χ1v) is 7.12. The van der Waals surface area contributed by atoms with Gasteiger partial charge in [0.05, 0.1) is 18.2 Å². The normalized spacial score (nSPS) is 10.4. The van der Waals surface area contributed by atoms with Crippen LogP contribution in [0.4, 0.5) is 11.4 Å². The molecule has 0 heterocycles. The number of thiocarbonyl (C=S) groups is 1. The molecule has 0 spiro atoms. The van der Waals surface area contributed by atoms with Crippen molar-refractivity contribution in [1.82, 2.24) is 5.43 Å². The van der Waals surface area contributed by atoms with Crippen LogP contribution in [0.5, 0.6) is 11.5 Å². The van der Waals surface area contributed by atoms with Gasteiger partial charge in [0, 0.05) is 17.3 Å². The molecular formula is C15H14N4O4S. The number of hydrogen-bond donors (Lipinski definition) is 3. The third kappa shape index (κ3) is 4.40. The summed E-state index contributed by atoms with van der Waals surface area (Å²) in [7, 11) is 1.30. The molecule has 0 bridgehead atoms. The van der Waals surface area contributed by atoms with Crippen molar-refractivity contribution in [2.75, 3.05) is 12.4 Å². The molecule has 24 heavy (non-hydrogen) atoms. The Balaban J connectivity index is 2.07. The van der Waals surface area contributed by atoms with E-state index in [1.807, 2.05) is 30.3 Å². The lowest BCUT2D eigenvalue weighted by molar-refractivity contribution is -0.386. The van der Waals surface area contributed by atoms with Crippen LogP contribution in [0.15, 0.2) is 47.6 Å². The van der Waals surface area contributed by atoms with Gasteiger partial charge in [0.1, 0.15) is 0 Å². The van der Waals surface area contributed by atoms with Crippen molar-refractivity contribution in [3.63, 3.8) is 0 Å². The van der Waals surface area contributed by atoms with Crippen LogP contribution in [0.25, 0.3) is 0 Å². The third-order valence-electron chi connectivity index (χ3n) is 2.91. The number of anilines is 1. The van der Waals surface area contributed by atoms with Gasteiger partial charge in [-0.05, 0) is 30.4 Å². The van der Waals surface area contributed by atoms with E-state index in [4.69, 9.17) is 17.0 Å². The van der Waals surface area contributed by atoms with Crippen LogP contribution < -0.4 is 15.5 Å². The molecule has 8 nitrogen and oxygen atoms in total. The van der Waals surface area contributed by atoms with Crippen LogP contribution in [0.3, 0.4) is 0 Å². The Morgan fingerprint density at radius 1 is 1.38 bits per heavy atom. The largest absolute Gasteiger partial charge is 0.500 e. The number of ether oxygens (including phenoxy) is 1. The van der Waals surface area contributed by atoms with Crippen molar-refractivity contribution in [2.24, 2.45) is 5.10 Å². The first-order chi connectivity index (χ1) is 11.5. The molecule has 2 aromatic rings. The summed E-state index contributed by atoms with van der Waals surface area (Å²) in [4.78, 5) is 10.2. The van der Waals surface area contributed by atoms with Crippen LogP contribution in [-0.4, -0.2) is 28.5 Å². The van der Waals surface area contributed by atoms with E-state index >= 15 is 0 Å². The van der Waals surface area contributed by atoms with Crippen molar-refractivity contribution in [2.45, 2.75) is 0 Å². The van der Waals surface area contributed by atoms with Crippen LogP contribution in [0.2, 0.25) is 0 Å². The second-order valence-corrected chi connectivity index (χ2v) is 4.95. The number of hydrogen-bond acceptors (Lipinski definition) is 6. The molecule has 0 unspecified atom stereocenters. The Morgan fingerprint density at radius 2 is 2.08 bits per heavy atom. The van der Waals surface area contributed by atoms with Gasteiger partial charge < -0.3 is 15.2 Å². The molecule has 0 radical (unpaired) electrons. The Bertz CT molecular complexity index is 781. The molecule has 2 aromatic carbocycles. The maximum atomic E-state index is 10.9. The predicted octanol–water partition coefficient (Wildman–Crippen LogP) is 2.63. The lowest BCUT2D eigenvalue weighted by atomic mass is 10.2.